The van der Waals surface area contributed by atoms with E-state index in [2.05, 4.69) is 5.10 Å². The van der Waals surface area contributed by atoms with Crippen LogP contribution in [-0.4, -0.2) is 40.2 Å². The van der Waals surface area contributed by atoms with Crippen LogP contribution in [0.5, 0.6) is 0 Å². The molecule has 0 N–H and O–H groups in total. The molecule has 1 amide bonds. The number of carbonyl (C=O) groups excluding carboxylic acids is 2. The lowest BCUT2D eigenvalue weighted by Gasteiger charge is -2.22. The van der Waals surface area contributed by atoms with Gasteiger partial charge in [0.25, 0.3) is 5.91 Å². The Hall–Kier alpha value is -3.19. The van der Waals surface area contributed by atoms with Crippen molar-refractivity contribution >= 4 is 23.5 Å². The molecule has 0 aliphatic rings. The first kappa shape index (κ1) is 22.5. The molecule has 3 aromatic rings. The number of nitrogens with zero attached hydrogens (tertiary/aromatic N) is 3. The van der Waals surface area contributed by atoms with Crippen molar-refractivity contribution in [3.05, 3.63) is 88.0 Å². The Bertz CT molecular complexity index is 1050. The zero-order chi connectivity index (χ0) is 22.4. The van der Waals surface area contributed by atoms with Crippen molar-refractivity contribution in [3.63, 3.8) is 0 Å². The molecule has 0 saturated heterocycles. The number of benzene rings is 2. The van der Waals surface area contributed by atoms with Crippen LogP contribution in [0.25, 0.3) is 0 Å². The van der Waals surface area contributed by atoms with Crippen molar-refractivity contribution in [2.45, 2.75) is 26.4 Å². The highest BCUT2D eigenvalue weighted by molar-refractivity contribution is 6.33. The minimum absolute atomic E-state index is 0.0649. The number of amides is 1. The number of aromatic nitrogens is 2. The van der Waals surface area contributed by atoms with Gasteiger partial charge in [0.1, 0.15) is 11.0 Å². The van der Waals surface area contributed by atoms with Gasteiger partial charge in [0.2, 0.25) is 0 Å². The maximum atomic E-state index is 13.4. The summed E-state index contributed by atoms with van der Waals surface area (Å²) in [6.07, 6.45) is 0.0649. The van der Waals surface area contributed by atoms with Crippen LogP contribution in [0.1, 0.15) is 33.6 Å². The molecule has 0 saturated carbocycles. The number of aryl methyl sites for hydroxylation is 1. The molecule has 0 spiro atoms. The van der Waals surface area contributed by atoms with Crippen LogP contribution in [0.4, 0.5) is 4.39 Å². The first-order valence-corrected chi connectivity index (χ1v) is 10.1. The summed E-state index contributed by atoms with van der Waals surface area (Å²) in [6.45, 7) is 2.50. The highest BCUT2D eigenvalue weighted by Gasteiger charge is 2.26. The van der Waals surface area contributed by atoms with Gasteiger partial charge >= 0.3 is 5.97 Å². The van der Waals surface area contributed by atoms with Crippen molar-refractivity contribution in [3.8, 4) is 0 Å². The van der Waals surface area contributed by atoms with Gasteiger partial charge in [0, 0.05) is 13.1 Å². The van der Waals surface area contributed by atoms with Gasteiger partial charge in [-0.2, -0.15) is 5.10 Å². The Morgan fingerprint density at radius 2 is 1.77 bits per heavy atom. The van der Waals surface area contributed by atoms with Crippen LogP contribution in [-0.2, 0) is 22.6 Å². The maximum absolute atomic E-state index is 13.4. The van der Waals surface area contributed by atoms with Crippen LogP contribution < -0.4 is 0 Å². The van der Waals surface area contributed by atoms with E-state index in [0.717, 1.165) is 11.1 Å². The number of rotatable bonds is 8. The second kappa shape index (κ2) is 10.2. The van der Waals surface area contributed by atoms with Gasteiger partial charge in [-0.05, 0) is 30.2 Å². The van der Waals surface area contributed by atoms with E-state index in [1.54, 1.807) is 24.0 Å². The van der Waals surface area contributed by atoms with Gasteiger partial charge in [-0.1, -0.05) is 54.1 Å². The molecule has 1 heterocycles. The van der Waals surface area contributed by atoms with Gasteiger partial charge in [-0.3, -0.25) is 9.59 Å². The summed E-state index contributed by atoms with van der Waals surface area (Å²) < 4.78 is 19.4. The van der Waals surface area contributed by atoms with Gasteiger partial charge < -0.3 is 9.64 Å². The van der Waals surface area contributed by atoms with E-state index >= 15 is 0 Å². The molecule has 162 valence electrons. The van der Waals surface area contributed by atoms with Gasteiger partial charge in [-0.25, -0.2) is 9.07 Å². The van der Waals surface area contributed by atoms with E-state index < -0.39 is 5.97 Å². The zero-order valence-electron chi connectivity index (χ0n) is 17.3. The van der Waals surface area contributed by atoms with Crippen LogP contribution in [0.3, 0.4) is 0 Å². The number of esters is 1. The minimum atomic E-state index is -0.402. The molecule has 6 nitrogen and oxygen atoms in total. The third-order valence-corrected chi connectivity index (χ3v) is 5.23. The topological polar surface area (TPSA) is 64.4 Å². The summed E-state index contributed by atoms with van der Waals surface area (Å²) in [7, 11) is 1.31. The SMILES string of the molecule is COC(=O)CCN(Cc1ccccc1)C(=O)c1c(C)nn(Cc2ccc(F)cc2)c1Cl. The summed E-state index contributed by atoms with van der Waals surface area (Å²) in [6, 6.07) is 15.5. The average Bonchev–Trinajstić information content (AvgIpc) is 3.05. The lowest BCUT2D eigenvalue weighted by Crippen LogP contribution is -2.33. The molecule has 8 heteroatoms. The first-order valence-electron chi connectivity index (χ1n) is 9.76. The van der Waals surface area contributed by atoms with E-state index in [9.17, 15) is 14.0 Å². The third kappa shape index (κ3) is 5.70. The highest BCUT2D eigenvalue weighted by Crippen LogP contribution is 2.24. The molecule has 0 unspecified atom stereocenters. The second-order valence-corrected chi connectivity index (χ2v) is 7.43. The third-order valence-electron chi connectivity index (χ3n) is 4.84. The lowest BCUT2D eigenvalue weighted by atomic mass is 10.1. The molecular weight excluding hydrogens is 421 g/mol. The van der Waals surface area contributed by atoms with Gasteiger partial charge in [0.05, 0.1) is 31.3 Å². The summed E-state index contributed by atoms with van der Waals surface area (Å²) in [4.78, 5) is 26.6. The predicted octanol–water partition coefficient (Wildman–Crippen LogP) is 4.24. The Morgan fingerprint density at radius 1 is 1.10 bits per heavy atom. The fraction of sp³-hybridized carbons (Fsp3) is 0.261. The predicted molar refractivity (Wildman–Crippen MR) is 115 cm³/mol. The molecule has 0 aliphatic heterocycles. The fourth-order valence-corrected chi connectivity index (χ4v) is 3.52. The summed E-state index contributed by atoms with van der Waals surface area (Å²) >= 11 is 6.53. The van der Waals surface area contributed by atoms with E-state index in [1.165, 1.54) is 23.9 Å². The smallest absolute Gasteiger partial charge is 0.307 e. The van der Waals surface area contributed by atoms with Crippen molar-refractivity contribution in [2.75, 3.05) is 13.7 Å². The van der Waals surface area contributed by atoms with E-state index in [4.69, 9.17) is 16.3 Å². The molecule has 0 fully saturated rings. The molecule has 3 rings (SSSR count). The van der Waals surface area contributed by atoms with E-state index in [0.29, 0.717) is 18.8 Å². The van der Waals surface area contributed by atoms with Crippen LogP contribution in [0.15, 0.2) is 54.6 Å². The number of hydrogen-bond acceptors (Lipinski definition) is 4. The molecule has 1 aromatic heterocycles. The Labute approximate surface area is 185 Å². The molecule has 0 atom stereocenters. The van der Waals surface area contributed by atoms with Gasteiger partial charge in [-0.15, -0.1) is 0 Å². The summed E-state index contributed by atoms with van der Waals surface area (Å²) in [5.41, 5.74) is 2.49. The first-order chi connectivity index (χ1) is 14.9. The second-order valence-electron chi connectivity index (χ2n) is 7.07. The van der Waals surface area contributed by atoms with Crippen molar-refractivity contribution < 1.29 is 18.7 Å². The monoisotopic (exact) mass is 443 g/mol. The molecular formula is C23H23ClFN3O3. The zero-order valence-corrected chi connectivity index (χ0v) is 18.1. The summed E-state index contributed by atoms with van der Waals surface area (Å²) in [5, 5.41) is 4.60. The highest BCUT2D eigenvalue weighted by atomic mass is 35.5. The van der Waals surface area contributed by atoms with Crippen molar-refractivity contribution in [1.82, 2.24) is 14.7 Å². The fourth-order valence-electron chi connectivity index (χ4n) is 3.21. The van der Waals surface area contributed by atoms with Crippen LogP contribution in [0.2, 0.25) is 5.15 Å². The standard InChI is InChI=1S/C23H23ClFN3O3/c1-16-21(22(24)28(26-16)15-18-8-10-19(25)11-9-18)23(30)27(13-12-20(29)31-2)14-17-6-4-3-5-7-17/h3-11H,12-15H2,1-2H3. The Balaban J connectivity index is 1.86. The summed E-state index contributed by atoms with van der Waals surface area (Å²) in [5.74, 6) is -1.05. The van der Waals surface area contributed by atoms with Crippen molar-refractivity contribution in [1.29, 1.82) is 0 Å². The minimum Gasteiger partial charge on any atom is -0.469 e. The van der Waals surface area contributed by atoms with Crippen LogP contribution >= 0.6 is 11.6 Å². The lowest BCUT2D eigenvalue weighted by molar-refractivity contribution is -0.140. The molecule has 0 bridgehead atoms. The molecule has 0 radical (unpaired) electrons. The number of halogens is 2. The average molecular weight is 444 g/mol. The quantitative estimate of drug-likeness (QED) is 0.488. The maximum Gasteiger partial charge on any atom is 0.307 e. The number of methoxy groups -OCH3 is 1. The Morgan fingerprint density at radius 3 is 2.42 bits per heavy atom. The Kier molecular flexibility index (Phi) is 7.41. The normalized spacial score (nSPS) is 10.7. The molecule has 31 heavy (non-hydrogen) atoms. The van der Waals surface area contributed by atoms with Crippen LogP contribution in [0, 0.1) is 12.7 Å². The molecule has 0 aliphatic carbocycles. The van der Waals surface area contributed by atoms with Gasteiger partial charge in [0.15, 0.2) is 0 Å². The largest absolute Gasteiger partial charge is 0.469 e. The number of ether oxygens (including phenoxy) is 1. The van der Waals surface area contributed by atoms with E-state index in [-0.39, 0.29) is 35.4 Å². The molecule has 2 aromatic carbocycles. The number of hydrogen-bond donors (Lipinski definition) is 0. The van der Waals surface area contributed by atoms with Crippen molar-refractivity contribution in [2.24, 2.45) is 0 Å². The van der Waals surface area contributed by atoms with E-state index in [1.807, 2.05) is 30.3 Å². The number of carbonyl (C=O) groups is 2.